The fourth-order valence-corrected chi connectivity index (χ4v) is 4.77. The first-order valence-corrected chi connectivity index (χ1v) is 12.8. The summed E-state index contributed by atoms with van der Waals surface area (Å²) in [5, 5.41) is 23.0. The third kappa shape index (κ3) is 8.45. The van der Waals surface area contributed by atoms with Gasteiger partial charge in [-0.25, -0.2) is 0 Å². The summed E-state index contributed by atoms with van der Waals surface area (Å²) in [5.41, 5.74) is 7.06. The van der Waals surface area contributed by atoms with Gasteiger partial charge in [0.25, 0.3) is 0 Å². The summed E-state index contributed by atoms with van der Waals surface area (Å²) in [4.78, 5) is 2.17. The van der Waals surface area contributed by atoms with E-state index in [0.29, 0.717) is 24.7 Å². The summed E-state index contributed by atoms with van der Waals surface area (Å²) in [5.74, 6) is 0.602. The van der Waals surface area contributed by atoms with Gasteiger partial charge in [0.2, 0.25) is 0 Å². The van der Waals surface area contributed by atoms with E-state index in [2.05, 4.69) is 84.6 Å². The average molecular weight is 611 g/mol. The van der Waals surface area contributed by atoms with Crippen molar-refractivity contribution in [2.24, 2.45) is 0 Å². The Hall–Kier alpha value is -2.10. The third-order valence-corrected chi connectivity index (χ3v) is 6.61. The number of rotatable bonds is 7. The second kappa shape index (κ2) is 14.5. The summed E-state index contributed by atoms with van der Waals surface area (Å²) in [6, 6.07) is 16.4. The van der Waals surface area contributed by atoms with Crippen molar-refractivity contribution in [2.75, 3.05) is 25.2 Å². The summed E-state index contributed by atoms with van der Waals surface area (Å²) in [7, 11) is 1.71. The van der Waals surface area contributed by atoms with E-state index in [1.807, 2.05) is 24.3 Å². The number of phenols is 2. The van der Waals surface area contributed by atoms with Crippen molar-refractivity contribution in [2.45, 2.75) is 72.6 Å². The Labute approximate surface area is 257 Å². The number of hydrogen-bond donors (Lipinski definition) is 2. The van der Waals surface area contributed by atoms with Gasteiger partial charge < -0.3 is 34.7 Å². The predicted octanol–water partition coefficient (Wildman–Crippen LogP) is 9.05. The molecule has 0 atom stereocenters. The van der Waals surface area contributed by atoms with Gasteiger partial charge in [0, 0.05) is 48.2 Å². The molecule has 0 radical (unpaired) electrons. The van der Waals surface area contributed by atoms with Crippen LogP contribution in [0.15, 0.2) is 48.5 Å². The second-order valence-corrected chi connectivity index (χ2v) is 11.9. The second-order valence-electron chi connectivity index (χ2n) is 11.9. The fourth-order valence-electron chi connectivity index (χ4n) is 4.77. The van der Waals surface area contributed by atoms with Crippen LogP contribution in [0.5, 0.6) is 11.5 Å². The zero-order chi connectivity index (χ0) is 26.8. The minimum absolute atomic E-state index is 0. The van der Waals surface area contributed by atoms with Crippen molar-refractivity contribution in [3.8, 4) is 22.6 Å². The van der Waals surface area contributed by atoms with Gasteiger partial charge in [0.05, 0.1) is 5.69 Å². The van der Waals surface area contributed by atoms with Crippen molar-refractivity contribution in [1.29, 1.82) is 0 Å². The molecule has 0 spiro atoms. The van der Waals surface area contributed by atoms with E-state index in [9.17, 15) is 10.2 Å². The van der Waals surface area contributed by atoms with E-state index in [4.69, 9.17) is 4.74 Å². The number of aryl methyl sites for hydroxylation is 2. The fraction of sp³-hybridized carbons (Fsp3) is 0.412. The van der Waals surface area contributed by atoms with Crippen LogP contribution < -0.4 is 4.90 Å². The summed E-state index contributed by atoms with van der Waals surface area (Å²) in [6.07, 6.45) is 0.788. The van der Waals surface area contributed by atoms with Crippen LogP contribution >= 0.6 is 0 Å². The zero-order valence-corrected chi connectivity index (χ0v) is 28.4. The molecule has 3 rings (SSSR count). The van der Waals surface area contributed by atoms with Crippen molar-refractivity contribution in [3.05, 3.63) is 85.6 Å². The molecule has 4 nitrogen and oxygen atoms in total. The van der Waals surface area contributed by atoms with E-state index < -0.39 is 0 Å². The van der Waals surface area contributed by atoms with E-state index in [1.165, 1.54) is 0 Å². The molecular weight excluding hydrogens is 562 g/mol. The Bertz CT molecular complexity index is 1220. The zero-order valence-electron chi connectivity index (χ0n) is 26.0. The number of aromatic hydroxyl groups is 2. The largest absolute Gasteiger partial charge is 2.00 e. The molecule has 0 aliphatic rings. The van der Waals surface area contributed by atoms with Gasteiger partial charge in [-0.15, -0.1) is 0 Å². The first-order chi connectivity index (χ1) is 16.8. The Morgan fingerprint density at radius 1 is 0.718 bits per heavy atom. The Balaban J connectivity index is 0.00000481. The molecule has 0 unspecified atom stereocenters. The molecule has 2 N–H and O–H groups in total. The number of anilines is 2. The van der Waals surface area contributed by atoms with Crippen molar-refractivity contribution in [3.63, 3.8) is 0 Å². The van der Waals surface area contributed by atoms with Gasteiger partial charge in [0.1, 0.15) is 11.5 Å². The molecule has 212 valence electrons. The van der Waals surface area contributed by atoms with Crippen LogP contribution in [-0.2, 0) is 41.8 Å². The number of methoxy groups -OCH3 is 1. The number of para-hydroxylation sites is 1. The molecule has 0 saturated carbocycles. The van der Waals surface area contributed by atoms with Crippen molar-refractivity contribution in [1.82, 2.24) is 0 Å². The van der Waals surface area contributed by atoms with Gasteiger partial charge in [0.15, 0.2) is 0 Å². The Morgan fingerprint density at radius 2 is 1.23 bits per heavy atom. The molecule has 0 aliphatic heterocycles. The topological polar surface area (TPSA) is 52.9 Å². The molecule has 0 bridgehead atoms. The Morgan fingerprint density at radius 3 is 1.77 bits per heavy atom. The molecule has 0 heterocycles. The first-order valence-electron chi connectivity index (χ1n) is 12.8. The van der Waals surface area contributed by atoms with Crippen LogP contribution in [-0.4, -0.2) is 30.5 Å². The maximum absolute atomic E-state index is 11.5. The molecule has 0 fully saturated rings. The van der Waals surface area contributed by atoms with Gasteiger partial charge in [-0.05, 0) is 60.4 Å². The standard InChI is InChI=1S/C32H43NO3.2CH3.Zr/c1-21-17-24(29(34)25(18-21)31(3,4)5)23-13-10-11-14-27(23)33(15-12-16-36-9)28-20-22(2)19-26(30(28)35)32(6,7)8;;;/h10-11,13-14,17-20,34-35H,12,15-16H2,1-9H3;2*1H3;/q;2*-1;+2. The van der Waals surface area contributed by atoms with Crippen LogP contribution in [0.2, 0.25) is 0 Å². The van der Waals surface area contributed by atoms with E-state index in [0.717, 1.165) is 51.2 Å². The van der Waals surface area contributed by atoms with Crippen LogP contribution in [0.25, 0.3) is 11.1 Å². The molecule has 0 aromatic heterocycles. The molecule has 5 heteroatoms. The molecular formula is C34H49NO3Zr. The predicted molar refractivity (Wildman–Crippen MR) is 165 cm³/mol. The summed E-state index contributed by atoms with van der Waals surface area (Å²) in [6.45, 7) is 18.1. The van der Waals surface area contributed by atoms with Gasteiger partial charge in [-0.1, -0.05) is 71.9 Å². The van der Waals surface area contributed by atoms with Gasteiger partial charge in [-0.3, -0.25) is 0 Å². The van der Waals surface area contributed by atoms with E-state index in [-0.39, 0.29) is 51.9 Å². The quantitative estimate of drug-likeness (QED) is 0.207. The van der Waals surface area contributed by atoms with E-state index in [1.54, 1.807) is 7.11 Å². The maximum atomic E-state index is 11.5. The van der Waals surface area contributed by atoms with Crippen LogP contribution in [0, 0.1) is 28.7 Å². The number of hydrogen-bond acceptors (Lipinski definition) is 4. The van der Waals surface area contributed by atoms with Crippen molar-refractivity contribution < 1.29 is 41.2 Å². The SMILES string of the molecule is COCCCN(c1ccccc1-c1cc(C)cc(C(C)(C)C)c1O)c1cc(C)cc(C(C)(C)C)c1O.[CH3-].[CH3-].[Zr+2]. The number of benzene rings is 3. The van der Waals surface area contributed by atoms with E-state index >= 15 is 0 Å². The number of nitrogens with zero attached hydrogens (tertiary/aromatic N) is 1. The normalized spacial score (nSPS) is 11.2. The summed E-state index contributed by atoms with van der Waals surface area (Å²) >= 11 is 0. The molecule has 0 amide bonds. The van der Waals surface area contributed by atoms with Crippen LogP contribution in [0.1, 0.15) is 70.2 Å². The molecule has 0 aliphatic carbocycles. The van der Waals surface area contributed by atoms with Crippen LogP contribution in [0.4, 0.5) is 11.4 Å². The van der Waals surface area contributed by atoms with Gasteiger partial charge >= 0.3 is 26.2 Å². The molecule has 3 aromatic carbocycles. The molecule has 39 heavy (non-hydrogen) atoms. The minimum Gasteiger partial charge on any atom is -0.507 e. The number of phenolic OH excluding ortho intramolecular Hbond substituents is 2. The molecule has 3 aromatic rings. The Kier molecular flexibility index (Phi) is 13.7. The van der Waals surface area contributed by atoms with Gasteiger partial charge in [-0.2, -0.15) is 0 Å². The number of ether oxygens (including phenoxy) is 1. The van der Waals surface area contributed by atoms with Crippen LogP contribution in [0.3, 0.4) is 0 Å². The van der Waals surface area contributed by atoms with Crippen molar-refractivity contribution >= 4 is 11.4 Å². The monoisotopic (exact) mass is 609 g/mol. The average Bonchev–Trinajstić information content (AvgIpc) is 2.78. The summed E-state index contributed by atoms with van der Waals surface area (Å²) < 4.78 is 5.37. The first kappa shape index (κ1) is 36.9. The molecule has 0 saturated heterocycles. The minimum atomic E-state index is -0.209. The maximum Gasteiger partial charge on any atom is 2.00 e. The third-order valence-electron chi connectivity index (χ3n) is 6.61. The smallest absolute Gasteiger partial charge is 0.507 e.